The lowest BCUT2D eigenvalue weighted by atomic mass is 9.77. The molecule has 0 spiro atoms. The third-order valence-corrected chi connectivity index (χ3v) is 2.93. The molecule has 0 N–H and O–H groups in total. The molecule has 4 heteroatoms. The van der Waals surface area contributed by atoms with E-state index >= 15 is 0 Å². The molecule has 19 heavy (non-hydrogen) atoms. The van der Waals surface area contributed by atoms with Crippen molar-refractivity contribution in [3.8, 4) is 6.07 Å². The van der Waals surface area contributed by atoms with Gasteiger partial charge in [-0.05, 0) is 25.8 Å². The Morgan fingerprint density at radius 2 is 1.95 bits per heavy atom. The predicted octanol–water partition coefficient (Wildman–Crippen LogP) is 2.38. The van der Waals surface area contributed by atoms with E-state index in [0.29, 0.717) is 5.56 Å². The van der Waals surface area contributed by atoms with Crippen LogP contribution in [0.5, 0.6) is 0 Å². The lowest BCUT2D eigenvalue weighted by molar-refractivity contribution is -0.148. The Hall–Kier alpha value is -2.15. The molecule has 0 radical (unpaired) electrons. The molecule has 0 bridgehead atoms. The van der Waals surface area contributed by atoms with Gasteiger partial charge in [0.2, 0.25) is 0 Å². The van der Waals surface area contributed by atoms with Gasteiger partial charge < -0.3 is 9.53 Å². The summed E-state index contributed by atoms with van der Waals surface area (Å²) < 4.78 is 5.01. The largest absolute Gasteiger partial charge is 0.465 e. The van der Waals surface area contributed by atoms with Crippen molar-refractivity contribution in [1.82, 2.24) is 0 Å². The second-order valence-corrected chi connectivity index (χ2v) is 4.31. The van der Waals surface area contributed by atoms with E-state index in [9.17, 15) is 14.9 Å². The SMILES string of the molecule is CCOC(=O)[C@@](C#N)(CCC(C)=O)c1ccccc1. The molecule has 0 unspecified atom stereocenters. The first-order valence-corrected chi connectivity index (χ1v) is 6.20. The first kappa shape index (κ1) is 14.9. The molecule has 1 aromatic rings. The van der Waals surface area contributed by atoms with Crippen LogP contribution < -0.4 is 0 Å². The minimum absolute atomic E-state index is 0.0557. The summed E-state index contributed by atoms with van der Waals surface area (Å²) in [5.41, 5.74) is -0.833. The van der Waals surface area contributed by atoms with Crippen LogP contribution in [0.2, 0.25) is 0 Å². The van der Waals surface area contributed by atoms with Crippen LogP contribution in [-0.2, 0) is 19.7 Å². The molecule has 0 aliphatic rings. The summed E-state index contributed by atoms with van der Waals surface area (Å²) in [4.78, 5) is 23.3. The summed E-state index contributed by atoms with van der Waals surface area (Å²) in [6.45, 7) is 3.34. The van der Waals surface area contributed by atoms with Crippen LogP contribution >= 0.6 is 0 Å². The first-order valence-electron chi connectivity index (χ1n) is 6.20. The molecule has 1 aromatic carbocycles. The molecule has 100 valence electrons. The smallest absolute Gasteiger partial charge is 0.331 e. The van der Waals surface area contributed by atoms with Crippen molar-refractivity contribution in [1.29, 1.82) is 5.26 Å². The van der Waals surface area contributed by atoms with E-state index in [0.717, 1.165) is 0 Å². The van der Waals surface area contributed by atoms with Crippen molar-refractivity contribution >= 4 is 11.8 Å². The normalized spacial score (nSPS) is 13.1. The van der Waals surface area contributed by atoms with Gasteiger partial charge in [-0.1, -0.05) is 30.3 Å². The fourth-order valence-corrected chi connectivity index (χ4v) is 1.87. The highest BCUT2D eigenvalue weighted by atomic mass is 16.5. The van der Waals surface area contributed by atoms with E-state index in [2.05, 4.69) is 0 Å². The third kappa shape index (κ3) is 3.41. The average Bonchev–Trinajstić information content (AvgIpc) is 2.41. The van der Waals surface area contributed by atoms with Gasteiger partial charge in [-0.15, -0.1) is 0 Å². The zero-order valence-electron chi connectivity index (χ0n) is 11.2. The number of benzene rings is 1. The van der Waals surface area contributed by atoms with E-state index in [1.807, 2.05) is 12.1 Å². The predicted molar refractivity (Wildman–Crippen MR) is 70.3 cm³/mol. The fraction of sp³-hybridized carbons (Fsp3) is 0.400. The monoisotopic (exact) mass is 259 g/mol. The molecule has 0 aliphatic heterocycles. The van der Waals surface area contributed by atoms with Crippen LogP contribution in [0, 0.1) is 11.3 Å². The van der Waals surface area contributed by atoms with Crippen molar-refractivity contribution < 1.29 is 14.3 Å². The maximum Gasteiger partial charge on any atom is 0.331 e. The van der Waals surface area contributed by atoms with Gasteiger partial charge in [0.15, 0.2) is 5.41 Å². The van der Waals surface area contributed by atoms with Gasteiger partial charge in [0.25, 0.3) is 0 Å². The van der Waals surface area contributed by atoms with E-state index in [1.54, 1.807) is 31.2 Å². The number of carbonyl (C=O) groups excluding carboxylic acids is 2. The number of ether oxygens (including phenoxy) is 1. The molecule has 1 rings (SSSR count). The third-order valence-electron chi connectivity index (χ3n) is 2.93. The van der Waals surface area contributed by atoms with Gasteiger partial charge >= 0.3 is 5.97 Å². The lowest BCUT2D eigenvalue weighted by Gasteiger charge is -2.24. The topological polar surface area (TPSA) is 67.2 Å². The Labute approximate surface area is 113 Å². The van der Waals surface area contributed by atoms with Crippen molar-refractivity contribution in [2.45, 2.75) is 32.1 Å². The molecule has 0 saturated carbocycles. The molecular weight excluding hydrogens is 242 g/mol. The van der Waals surface area contributed by atoms with Gasteiger partial charge in [-0.2, -0.15) is 5.26 Å². The number of Topliss-reactive ketones (excluding diaryl/α,β-unsaturated/α-hetero) is 1. The van der Waals surface area contributed by atoms with Gasteiger partial charge in [0, 0.05) is 6.42 Å². The molecule has 0 aromatic heterocycles. The quantitative estimate of drug-likeness (QED) is 0.735. The number of rotatable bonds is 6. The van der Waals surface area contributed by atoms with Crippen molar-refractivity contribution in [3.05, 3.63) is 35.9 Å². The van der Waals surface area contributed by atoms with Crippen LogP contribution in [0.25, 0.3) is 0 Å². The van der Waals surface area contributed by atoms with Crippen LogP contribution in [0.1, 0.15) is 32.3 Å². The summed E-state index contributed by atoms with van der Waals surface area (Å²) >= 11 is 0. The Kier molecular flexibility index (Phi) is 5.25. The van der Waals surface area contributed by atoms with Gasteiger partial charge in [0.1, 0.15) is 5.78 Å². The maximum absolute atomic E-state index is 12.2. The Morgan fingerprint density at radius 3 is 2.42 bits per heavy atom. The van der Waals surface area contributed by atoms with Crippen molar-refractivity contribution in [2.75, 3.05) is 6.61 Å². The Bertz CT molecular complexity index is 490. The highest BCUT2D eigenvalue weighted by Gasteiger charge is 2.42. The summed E-state index contributed by atoms with van der Waals surface area (Å²) in [6, 6.07) is 10.8. The van der Waals surface area contributed by atoms with Gasteiger partial charge in [-0.3, -0.25) is 0 Å². The number of nitrogens with zero attached hydrogens (tertiary/aromatic N) is 1. The average molecular weight is 259 g/mol. The molecular formula is C15H17NO3. The molecule has 0 aliphatic carbocycles. The number of ketones is 1. The summed E-state index contributed by atoms with van der Waals surface area (Å²) in [5, 5.41) is 9.48. The van der Waals surface area contributed by atoms with E-state index in [-0.39, 0.29) is 25.2 Å². The minimum Gasteiger partial charge on any atom is -0.465 e. The number of hydrogen-bond acceptors (Lipinski definition) is 4. The second-order valence-electron chi connectivity index (χ2n) is 4.31. The molecule has 0 saturated heterocycles. The Balaban J connectivity index is 3.18. The first-order chi connectivity index (χ1) is 9.06. The number of hydrogen-bond donors (Lipinski definition) is 0. The van der Waals surface area contributed by atoms with Crippen LogP contribution in [0.4, 0.5) is 0 Å². The fourth-order valence-electron chi connectivity index (χ4n) is 1.87. The molecule has 0 fully saturated rings. The van der Waals surface area contributed by atoms with Crippen LogP contribution in [0.15, 0.2) is 30.3 Å². The molecule has 1 atom stereocenters. The highest BCUT2D eigenvalue weighted by molar-refractivity contribution is 5.88. The zero-order valence-corrected chi connectivity index (χ0v) is 11.2. The van der Waals surface area contributed by atoms with Crippen LogP contribution in [-0.4, -0.2) is 18.4 Å². The van der Waals surface area contributed by atoms with Gasteiger partial charge in [-0.25, -0.2) is 4.79 Å². The van der Waals surface area contributed by atoms with Gasteiger partial charge in [0.05, 0.1) is 12.7 Å². The Morgan fingerprint density at radius 1 is 1.32 bits per heavy atom. The number of carbonyl (C=O) groups is 2. The lowest BCUT2D eigenvalue weighted by Crippen LogP contribution is -2.36. The zero-order chi connectivity index (χ0) is 14.3. The molecule has 4 nitrogen and oxygen atoms in total. The van der Waals surface area contributed by atoms with E-state index in [1.165, 1.54) is 6.92 Å². The van der Waals surface area contributed by atoms with E-state index < -0.39 is 11.4 Å². The van der Waals surface area contributed by atoms with Crippen molar-refractivity contribution in [3.63, 3.8) is 0 Å². The summed E-state index contributed by atoms with van der Waals surface area (Å²) in [5.74, 6) is -0.648. The summed E-state index contributed by atoms with van der Waals surface area (Å²) in [7, 11) is 0. The molecule has 0 amide bonds. The standard InChI is InChI=1S/C15H17NO3/c1-3-19-14(18)15(11-16,10-9-12(2)17)13-7-5-4-6-8-13/h4-8H,3,9-10H2,1-2H3/t15-/m1/s1. The van der Waals surface area contributed by atoms with Crippen LogP contribution in [0.3, 0.4) is 0 Å². The van der Waals surface area contributed by atoms with E-state index in [4.69, 9.17) is 4.74 Å². The number of esters is 1. The highest BCUT2D eigenvalue weighted by Crippen LogP contribution is 2.30. The second kappa shape index (κ2) is 6.69. The van der Waals surface area contributed by atoms with Crippen molar-refractivity contribution in [2.24, 2.45) is 0 Å². The minimum atomic E-state index is -1.40. The maximum atomic E-state index is 12.2. The molecule has 0 heterocycles. The summed E-state index contributed by atoms with van der Waals surface area (Å²) in [6.07, 6.45) is 0.308. The number of nitriles is 1.